The van der Waals surface area contributed by atoms with E-state index in [2.05, 4.69) is 4.98 Å². The van der Waals surface area contributed by atoms with Crippen LogP contribution < -0.4 is 5.46 Å². The van der Waals surface area contributed by atoms with Crippen LogP contribution in [0.1, 0.15) is 0 Å². The van der Waals surface area contributed by atoms with Crippen LogP contribution in [0.15, 0.2) is 12.4 Å². The van der Waals surface area contributed by atoms with Crippen molar-refractivity contribution in [2.75, 3.05) is 0 Å². The Bertz CT molecular complexity index is 250. The number of aromatic nitrogens is 1. The third-order valence-electron chi connectivity index (χ3n) is 1.15. The normalized spacial score (nSPS) is 9.82. The van der Waals surface area contributed by atoms with Crippen LogP contribution >= 0.6 is 11.6 Å². The SMILES string of the molecule is OB(O)c1c(F)cncc1Cl. The first-order valence-corrected chi connectivity index (χ1v) is 3.15. The molecule has 0 bridgehead atoms. The summed E-state index contributed by atoms with van der Waals surface area (Å²) in [5, 5.41) is 17.1. The van der Waals surface area contributed by atoms with E-state index < -0.39 is 12.9 Å². The van der Waals surface area contributed by atoms with Crippen LogP contribution in [0.4, 0.5) is 4.39 Å². The van der Waals surface area contributed by atoms with E-state index in [0.717, 1.165) is 12.4 Å². The highest BCUT2D eigenvalue weighted by molar-refractivity contribution is 6.62. The molecule has 0 amide bonds. The highest BCUT2D eigenvalue weighted by Crippen LogP contribution is 2.04. The van der Waals surface area contributed by atoms with Gasteiger partial charge in [-0.2, -0.15) is 0 Å². The summed E-state index contributed by atoms with van der Waals surface area (Å²) in [4.78, 5) is 3.40. The Labute approximate surface area is 67.6 Å². The minimum Gasteiger partial charge on any atom is -0.423 e. The minimum atomic E-state index is -1.90. The molecule has 6 heteroatoms. The third kappa shape index (κ3) is 1.68. The van der Waals surface area contributed by atoms with Crippen LogP contribution in [0.2, 0.25) is 5.02 Å². The van der Waals surface area contributed by atoms with Crippen molar-refractivity contribution in [2.24, 2.45) is 0 Å². The molecular weight excluding hydrogens is 171 g/mol. The number of halogens is 2. The molecule has 3 nitrogen and oxygen atoms in total. The molecule has 1 heterocycles. The van der Waals surface area contributed by atoms with E-state index in [9.17, 15) is 4.39 Å². The molecule has 1 aromatic heterocycles. The molecule has 0 saturated heterocycles. The lowest BCUT2D eigenvalue weighted by molar-refractivity contribution is 0.423. The van der Waals surface area contributed by atoms with Crippen molar-refractivity contribution in [1.29, 1.82) is 0 Å². The summed E-state index contributed by atoms with van der Waals surface area (Å²) in [5.74, 6) is -0.826. The fourth-order valence-electron chi connectivity index (χ4n) is 0.668. The summed E-state index contributed by atoms with van der Waals surface area (Å²) < 4.78 is 12.6. The molecule has 1 aromatic rings. The van der Waals surface area contributed by atoms with E-state index in [1.807, 2.05) is 0 Å². The first-order chi connectivity index (χ1) is 5.13. The molecular formula is C5H4BClFNO2. The average molecular weight is 175 g/mol. The molecule has 0 aliphatic carbocycles. The molecule has 11 heavy (non-hydrogen) atoms. The smallest absolute Gasteiger partial charge is 0.423 e. The summed E-state index contributed by atoms with van der Waals surface area (Å²) in [6.07, 6.45) is 2.00. The molecule has 1 rings (SSSR count). The number of hydrogen-bond donors (Lipinski definition) is 2. The van der Waals surface area contributed by atoms with E-state index in [4.69, 9.17) is 21.6 Å². The molecule has 0 aliphatic rings. The maximum absolute atomic E-state index is 12.6. The number of hydrogen-bond acceptors (Lipinski definition) is 3. The van der Waals surface area contributed by atoms with Crippen molar-refractivity contribution >= 4 is 24.2 Å². The molecule has 0 unspecified atom stereocenters. The largest absolute Gasteiger partial charge is 0.493 e. The molecule has 0 radical (unpaired) electrons. The predicted octanol–water partition coefficient (Wildman–Crippen LogP) is -0.446. The van der Waals surface area contributed by atoms with E-state index in [1.54, 1.807) is 0 Å². The molecule has 0 fully saturated rings. The van der Waals surface area contributed by atoms with E-state index >= 15 is 0 Å². The maximum atomic E-state index is 12.6. The second-order valence-electron chi connectivity index (χ2n) is 1.89. The van der Waals surface area contributed by atoms with Crippen LogP contribution in [0, 0.1) is 5.82 Å². The van der Waals surface area contributed by atoms with Gasteiger partial charge in [0.15, 0.2) is 0 Å². The van der Waals surface area contributed by atoms with Gasteiger partial charge in [0, 0.05) is 11.7 Å². The van der Waals surface area contributed by atoms with Crippen LogP contribution in [0.3, 0.4) is 0 Å². The Morgan fingerprint density at radius 3 is 2.45 bits per heavy atom. The number of pyridine rings is 1. The molecule has 0 aliphatic heterocycles. The Morgan fingerprint density at radius 1 is 1.45 bits per heavy atom. The van der Waals surface area contributed by atoms with Crippen LogP contribution in [0.25, 0.3) is 0 Å². The topological polar surface area (TPSA) is 53.4 Å². The molecule has 0 atom stereocenters. The summed E-state index contributed by atoms with van der Waals surface area (Å²) in [6.45, 7) is 0. The zero-order valence-electron chi connectivity index (χ0n) is 5.33. The van der Waals surface area contributed by atoms with Gasteiger partial charge in [0.25, 0.3) is 0 Å². The van der Waals surface area contributed by atoms with Crippen LogP contribution in [-0.4, -0.2) is 22.2 Å². The Hall–Kier alpha value is -0.645. The monoisotopic (exact) mass is 175 g/mol. The van der Waals surface area contributed by atoms with Crippen LogP contribution in [0.5, 0.6) is 0 Å². The van der Waals surface area contributed by atoms with E-state index in [-0.39, 0.29) is 10.5 Å². The Balaban J connectivity index is 3.21. The van der Waals surface area contributed by atoms with Gasteiger partial charge in [-0.15, -0.1) is 0 Å². The van der Waals surface area contributed by atoms with Crippen LogP contribution in [-0.2, 0) is 0 Å². The lowest BCUT2D eigenvalue weighted by atomic mass is 9.80. The molecule has 0 spiro atoms. The minimum absolute atomic E-state index is 0.0972. The molecule has 0 aromatic carbocycles. The number of nitrogens with zero attached hydrogens (tertiary/aromatic N) is 1. The second-order valence-corrected chi connectivity index (χ2v) is 2.30. The van der Waals surface area contributed by atoms with Crippen molar-refractivity contribution in [1.82, 2.24) is 4.98 Å². The second kappa shape index (κ2) is 3.17. The van der Waals surface area contributed by atoms with Crippen molar-refractivity contribution in [3.05, 3.63) is 23.2 Å². The van der Waals surface area contributed by atoms with Gasteiger partial charge in [-0.1, -0.05) is 11.6 Å². The van der Waals surface area contributed by atoms with Gasteiger partial charge in [-0.3, -0.25) is 4.98 Å². The van der Waals surface area contributed by atoms with E-state index in [1.165, 1.54) is 0 Å². The summed E-state index contributed by atoms with van der Waals surface area (Å²) in [5.41, 5.74) is -0.346. The fraction of sp³-hybridized carbons (Fsp3) is 0. The van der Waals surface area contributed by atoms with Gasteiger partial charge in [0.2, 0.25) is 0 Å². The average Bonchev–Trinajstić information content (AvgIpc) is 1.85. The van der Waals surface area contributed by atoms with Crippen molar-refractivity contribution in [3.63, 3.8) is 0 Å². The van der Waals surface area contributed by atoms with Gasteiger partial charge < -0.3 is 10.0 Å². The third-order valence-corrected chi connectivity index (χ3v) is 1.45. The predicted molar refractivity (Wildman–Crippen MR) is 39.0 cm³/mol. The van der Waals surface area contributed by atoms with E-state index in [0.29, 0.717) is 0 Å². The quantitative estimate of drug-likeness (QED) is 0.569. The Morgan fingerprint density at radius 2 is 2.09 bits per heavy atom. The highest BCUT2D eigenvalue weighted by atomic mass is 35.5. The first-order valence-electron chi connectivity index (χ1n) is 2.78. The standard InChI is InChI=1S/C5H4BClFNO2/c7-3-1-9-2-4(8)5(3)6(10)11/h1-2,10-11H. The van der Waals surface area contributed by atoms with Gasteiger partial charge in [-0.25, -0.2) is 4.39 Å². The lowest BCUT2D eigenvalue weighted by Crippen LogP contribution is -2.33. The Kier molecular flexibility index (Phi) is 2.43. The maximum Gasteiger partial charge on any atom is 0.493 e. The molecule has 2 N–H and O–H groups in total. The van der Waals surface area contributed by atoms with Crippen molar-refractivity contribution in [3.8, 4) is 0 Å². The number of rotatable bonds is 1. The zero-order valence-corrected chi connectivity index (χ0v) is 6.09. The molecule has 58 valence electrons. The first kappa shape index (κ1) is 8.45. The highest BCUT2D eigenvalue weighted by Gasteiger charge is 2.19. The zero-order chi connectivity index (χ0) is 8.43. The van der Waals surface area contributed by atoms with Gasteiger partial charge >= 0.3 is 7.12 Å². The van der Waals surface area contributed by atoms with Gasteiger partial charge in [0.05, 0.1) is 11.2 Å². The summed E-state index contributed by atoms with van der Waals surface area (Å²) in [6, 6.07) is 0. The summed E-state index contributed by atoms with van der Waals surface area (Å²) in [7, 11) is -1.90. The van der Waals surface area contributed by atoms with Crippen molar-refractivity contribution < 1.29 is 14.4 Å². The summed E-state index contributed by atoms with van der Waals surface area (Å²) >= 11 is 5.40. The van der Waals surface area contributed by atoms with Gasteiger partial charge in [0.1, 0.15) is 5.82 Å². The van der Waals surface area contributed by atoms with Crippen molar-refractivity contribution in [2.45, 2.75) is 0 Å². The lowest BCUT2D eigenvalue weighted by Gasteiger charge is -2.01. The van der Waals surface area contributed by atoms with Gasteiger partial charge in [-0.05, 0) is 0 Å². The fourth-order valence-corrected chi connectivity index (χ4v) is 0.912. The molecule has 0 saturated carbocycles.